The van der Waals surface area contributed by atoms with Crippen LogP contribution in [0.25, 0.3) is 27.7 Å². The van der Waals surface area contributed by atoms with Crippen molar-refractivity contribution in [3.63, 3.8) is 0 Å². The van der Waals surface area contributed by atoms with Crippen molar-refractivity contribution in [2.75, 3.05) is 26.6 Å². The lowest BCUT2D eigenvalue weighted by Crippen LogP contribution is -2.09. The molecule has 0 fully saturated rings. The number of nitrogens with zero attached hydrogens (tertiary/aromatic N) is 1. The van der Waals surface area contributed by atoms with E-state index in [1.807, 2.05) is 31.2 Å². The topological polar surface area (TPSA) is 82.8 Å². The normalized spacial score (nSPS) is 11.4. The summed E-state index contributed by atoms with van der Waals surface area (Å²) in [7, 11) is 4.80. The van der Waals surface area contributed by atoms with E-state index in [-0.39, 0.29) is 11.1 Å². The van der Waals surface area contributed by atoms with Gasteiger partial charge in [-0.25, -0.2) is 4.98 Å². The van der Waals surface area contributed by atoms with Crippen molar-refractivity contribution < 1.29 is 23.4 Å². The molecule has 2 heterocycles. The number of rotatable bonds is 7. The highest BCUT2D eigenvalue weighted by atomic mass is 35.5. The first-order valence-corrected chi connectivity index (χ1v) is 10.7. The molecule has 4 rings (SSSR count). The van der Waals surface area contributed by atoms with Gasteiger partial charge in [0.25, 0.3) is 0 Å². The summed E-state index contributed by atoms with van der Waals surface area (Å²) >= 11 is 6.05. The first-order valence-electron chi connectivity index (χ1n) is 10.4. The molecule has 7 nitrogen and oxygen atoms in total. The van der Waals surface area contributed by atoms with Gasteiger partial charge in [-0.1, -0.05) is 11.6 Å². The molecule has 1 N–H and O–H groups in total. The van der Waals surface area contributed by atoms with Gasteiger partial charge in [0, 0.05) is 40.4 Å². The highest BCUT2D eigenvalue weighted by molar-refractivity contribution is 6.32. The van der Waals surface area contributed by atoms with Crippen molar-refractivity contribution in [3.05, 3.63) is 71.7 Å². The predicted octanol–water partition coefficient (Wildman–Crippen LogP) is 6.22. The molecule has 2 aromatic carbocycles. The van der Waals surface area contributed by atoms with Gasteiger partial charge in [-0.3, -0.25) is 4.79 Å². The lowest BCUT2D eigenvalue weighted by Gasteiger charge is -2.12. The van der Waals surface area contributed by atoms with Crippen molar-refractivity contribution in [3.8, 4) is 28.4 Å². The number of amides is 1. The van der Waals surface area contributed by atoms with Gasteiger partial charge < -0.3 is 23.9 Å². The average Bonchev–Trinajstić information content (AvgIpc) is 3.26. The second-order valence-corrected chi connectivity index (χ2v) is 7.78. The lowest BCUT2D eigenvalue weighted by atomic mass is 9.98. The summed E-state index contributed by atoms with van der Waals surface area (Å²) in [4.78, 5) is 16.6. The molecule has 0 bridgehead atoms. The molecule has 0 spiro atoms. The number of fused-ring (bicyclic) bond motifs is 1. The predicted molar refractivity (Wildman–Crippen MR) is 133 cm³/mol. The van der Waals surface area contributed by atoms with Crippen LogP contribution < -0.4 is 19.5 Å². The van der Waals surface area contributed by atoms with E-state index in [0.29, 0.717) is 34.1 Å². The molecular formula is C26H23ClN2O5. The van der Waals surface area contributed by atoms with Crippen molar-refractivity contribution in [2.45, 2.75) is 6.92 Å². The maximum Gasteiger partial charge on any atom is 0.248 e. The van der Waals surface area contributed by atoms with E-state index in [4.69, 9.17) is 30.2 Å². The summed E-state index contributed by atoms with van der Waals surface area (Å²) in [6, 6.07) is 12.7. The van der Waals surface area contributed by atoms with Crippen LogP contribution in [0.4, 0.5) is 5.69 Å². The van der Waals surface area contributed by atoms with E-state index in [1.54, 1.807) is 52.0 Å². The Bertz CT molecular complexity index is 1390. The van der Waals surface area contributed by atoms with Crippen LogP contribution in [-0.2, 0) is 4.79 Å². The van der Waals surface area contributed by atoms with Crippen molar-refractivity contribution >= 4 is 39.7 Å². The Labute approximate surface area is 201 Å². The fourth-order valence-electron chi connectivity index (χ4n) is 3.69. The zero-order valence-electron chi connectivity index (χ0n) is 19.1. The first-order chi connectivity index (χ1) is 16.4. The fourth-order valence-corrected chi connectivity index (χ4v) is 3.85. The van der Waals surface area contributed by atoms with E-state index in [1.165, 1.54) is 6.08 Å². The Hall–Kier alpha value is -3.97. The van der Waals surface area contributed by atoms with Crippen molar-refractivity contribution in [2.24, 2.45) is 0 Å². The molecule has 0 saturated carbocycles. The third-order valence-corrected chi connectivity index (χ3v) is 5.68. The number of hydrogen-bond donors (Lipinski definition) is 1. The number of anilines is 1. The number of allylic oxidation sites excluding steroid dienone is 1. The lowest BCUT2D eigenvalue weighted by molar-refractivity contribution is -0.111. The SMILES string of the molecule is COc1ccc(OC)c(-c2coc3cc(OC)c(/C(C)=C/C(=O)Nc4cccnc4Cl)cc23)c1. The molecule has 8 heteroatoms. The monoisotopic (exact) mass is 478 g/mol. The molecule has 4 aromatic rings. The highest BCUT2D eigenvalue weighted by Gasteiger charge is 2.18. The number of carbonyl (C=O) groups is 1. The molecule has 34 heavy (non-hydrogen) atoms. The number of furan rings is 1. The molecule has 1 amide bonds. The summed E-state index contributed by atoms with van der Waals surface area (Å²) in [6.45, 7) is 1.83. The molecule has 2 aromatic heterocycles. The Morgan fingerprint density at radius 3 is 2.53 bits per heavy atom. The molecule has 0 atom stereocenters. The van der Waals surface area contributed by atoms with Crippen LogP contribution in [0.1, 0.15) is 12.5 Å². The maximum atomic E-state index is 12.6. The van der Waals surface area contributed by atoms with Crippen LogP contribution in [0.5, 0.6) is 17.2 Å². The van der Waals surface area contributed by atoms with E-state index in [0.717, 1.165) is 22.1 Å². The molecular weight excluding hydrogens is 456 g/mol. The number of halogens is 1. The molecule has 0 aliphatic carbocycles. The first kappa shape index (κ1) is 23.2. The summed E-state index contributed by atoms with van der Waals surface area (Å²) < 4.78 is 22.4. The minimum absolute atomic E-state index is 0.219. The minimum atomic E-state index is -0.337. The van der Waals surface area contributed by atoms with Crippen LogP contribution in [0.15, 0.2) is 65.4 Å². The third kappa shape index (κ3) is 4.56. The number of methoxy groups -OCH3 is 3. The van der Waals surface area contributed by atoms with Crippen molar-refractivity contribution in [1.29, 1.82) is 0 Å². The molecule has 0 radical (unpaired) electrons. The van der Waals surface area contributed by atoms with Crippen LogP contribution in [0.3, 0.4) is 0 Å². The van der Waals surface area contributed by atoms with Gasteiger partial charge in [-0.05, 0) is 48.9 Å². The van der Waals surface area contributed by atoms with Crippen molar-refractivity contribution in [1.82, 2.24) is 4.98 Å². The van der Waals surface area contributed by atoms with E-state index in [2.05, 4.69) is 10.3 Å². The zero-order chi connectivity index (χ0) is 24.2. The quantitative estimate of drug-likeness (QED) is 0.251. The van der Waals surface area contributed by atoms with Gasteiger partial charge >= 0.3 is 0 Å². The maximum absolute atomic E-state index is 12.6. The second kappa shape index (κ2) is 9.89. The highest BCUT2D eigenvalue weighted by Crippen LogP contribution is 2.41. The number of nitrogens with one attached hydrogen (secondary N) is 1. The van der Waals surface area contributed by atoms with Gasteiger partial charge in [-0.15, -0.1) is 0 Å². The van der Waals surface area contributed by atoms with Gasteiger partial charge in [0.05, 0.1) is 33.3 Å². The number of hydrogen-bond acceptors (Lipinski definition) is 6. The molecule has 174 valence electrons. The Kier molecular flexibility index (Phi) is 6.75. The van der Waals surface area contributed by atoms with E-state index in [9.17, 15) is 4.79 Å². The Balaban J connectivity index is 1.77. The number of pyridine rings is 1. The van der Waals surface area contributed by atoms with Gasteiger partial charge in [0.2, 0.25) is 5.91 Å². The standard InChI is InChI=1S/C26H23ClN2O5/c1-15(10-25(30)29-21-6-5-9-28-26(21)27)17-12-19-20(14-34-24(19)13-23(17)33-4)18-11-16(31-2)7-8-22(18)32-3/h5-14H,1-4H3,(H,29,30)/b15-10+. The van der Waals surface area contributed by atoms with Gasteiger partial charge in [0.1, 0.15) is 22.8 Å². The largest absolute Gasteiger partial charge is 0.497 e. The van der Waals surface area contributed by atoms with Gasteiger partial charge in [-0.2, -0.15) is 0 Å². The summed E-state index contributed by atoms with van der Waals surface area (Å²) in [5.74, 6) is 1.62. The van der Waals surface area contributed by atoms with Crippen LogP contribution in [-0.4, -0.2) is 32.2 Å². The minimum Gasteiger partial charge on any atom is -0.497 e. The smallest absolute Gasteiger partial charge is 0.248 e. The molecule has 0 aliphatic heterocycles. The molecule has 0 saturated heterocycles. The second-order valence-electron chi connectivity index (χ2n) is 7.42. The van der Waals surface area contributed by atoms with Gasteiger partial charge in [0.15, 0.2) is 5.15 Å². The van der Waals surface area contributed by atoms with E-state index >= 15 is 0 Å². The summed E-state index contributed by atoms with van der Waals surface area (Å²) in [6.07, 6.45) is 4.71. The Morgan fingerprint density at radius 2 is 1.82 bits per heavy atom. The van der Waals surface area contributed by atoms with Crippen LogP contribution in [0.2, 0.25) is 5.15 Å². The Morgan fingerprint density at radius 1 is 1.03 bits per heavy atom. The summed E-state index contributed by atoms with van der Waals surface area (Å²) in [5.41, 5.74) is 4.16. The zero-order valence-corrected chi connectivity index (χ0v) is 19.9. The van der Waals surface area contributed by atoms with E-state index < -0.39 is 0 Å². The molecule has 0 unspecified atom stereocenters. The number of ether oxygens (including phenoxy) is 3. The number of carbonyl (C=O) groups excluding carboxylic acids is 1. The number of aromatic nitrogens is 1. The fraction of sp³-hybridized carbons (Fsp3) is 0.154. The molecule has 0 aliphatic rings. The number of benzene rings is 2. The summed E-state index contributed by atoms with van der Waals surface area (Å²) in [5, 5.41) is 3.80. The average molecular weight is 479 g/mol. The van der Waals surface area contributed by atoms with Crippen LogP contribution in [0, 0.1) is 0 Å². The van der Waals surface area contributed by atoms with Crippen LogP contribution >= 0.6 is 11.6 Å². The third-order valence-electron chi connectivity index (χ3n) is 5.38.